The molecule has 0 spiro atoms. The smallest absolute Gasteiger partial charge is 0.168 e. The molecule has 2 nitrogen and oxygen atoms in total. The lowest BCUT2D eigenvalue weighted by molar-refractivity contribution is 0.291. The van der Waals surface area contributed by atoms with Gasteiger partial charge in [0.25, 0.3) is 0 Å². The van der Waals surface area contributed by atoms with Gasteiger partial charge < -0.3 is 10.5 Å². The van der Waals surface area contributed by atoms with Crippen molar-refractivity contribution in [2.24, 2.45) is 11.7 Å². The lowest BCUT2D eigenvalue weighted by atomic mass is 9.79. The number of nitrogens with two attached hydrogens (primary N) is 1. The van der Waals surface area contributed by atoms with Gasteiger partial charge in [0, 0.05) is 5.54 Å². The van der Waals surface area contributed by atoms with Gasteiger partial charge in [-0.3, -0.25) is 0 Å². The minimum atomic E-state index is -0.368. The molecule has 3 heteroatoms. The monoisotopic (exact) mass is 239 g/mol. The predicted molar refractivity (Wildman–Crippen MR) is 68.7 cm³/mol. The highest BCUT2D eigenvalue weighted by Gasteiger charge is 2.28. The number of rotatable bonds is 5. The molecule has 0 aromatic heterocycles. The molecule has 0 radical (unpaired) electrons. The maximum atomic E-state index is 14.0. The van der Waals surface area contributed by atoms with Gasteiger partial charge in [-0.15, -0.1) is 0 Å². The van der Waals surface area contributed by atoms with Gasteiger partial charge in [-0.2, -0.15) is 0 Å². The molecule has 0 saturated heterocycles. The van der Waals surface area contributed by atoms with E-state index >= 15 is 0 Å². The Morgan fingerprint density at radius 3 is 2.53 bits per heavy atom. The molecule has 0 saturated carbocycles. The van der Waals surface area contributed by atoms with Crippen molar-refractivity contribution in [1.82, 2.24) is 0 Å². The lowest BCUT2D eigenvalue weighted by Crippen LogP contribution is -2.46. The fraction of sp³-hybridized carbons (Fsp3) is 0.571. The zero-order valence-corrected chi connectivity index (χ0v) is 11.1. The topological polar surface area (TPSA) is 35.2 Å². The first kappa shape index (κ1) is 14.0. The van der Waals surface area contributed by atoms with Crippen LogP contribution in [0.5, 0.6) is 5.75 Å². The van der Waals surface area contributed by atoms with Crippen molar-refractivity contribution in [3.63, 3.8) is 0 Å². The van der Waals surface area contributed by atoms with Crippen LogP contribution in [-0.4, -0.2) is 12.6 Å². The molecule has 0 amide bonds. The molecule has 2 N–H and O–H groups in total. The summed E-state index contributed by atoms with van der Waals surface area (Å²) in [6, 6.07) is 5.20. The Balaban J connectivity index is 3.02. The highest BCUT2D eigenvalue weighted by atomic mass is 19.1. The molecule has 1 aromatic rings. The highest BCUT2D eigenvalue weighted by molar-refractivity contribution is 5.32. The van der Waals surface area contributed by atoms with E-state index in [9.17, 15) is 4.39 Å². The van der Waals surface area contributed by atoms with Crippen LogP contribution in [0.2, 0.25) is 0 Å². The van der Waals surface area contributed by atoms with Gasteiger partial charge >= 0.3 is 0 Å². The number of benzene rings is 1. The first-order valence-corrected chi connectivity index (χ1v) is 6.05. The van der Waals surface area contributed by atoms with Gasteiger partial charge in [0.1, 0.15) is 0 Å². The van der Waals surface area contributed by atoms with E-state index in [1.165, 1.54) is 7.11 Å². The Labute approximate surface area is 103 Å². The molecule has 0 aliphatic heterocycles. The van der Waals surface area contributed by atoms with Crippen LogP contribution in [0.4, 0.5) is 4.39 Å². The van der Waals surface area contributed by atoms with E-state index < -0.39 is 0 Å². The van der Waals surface area contributed by atoms with E-state index in [1.54, 1.807) is 18.2 Å². The second kappa shape index (κ2) is 5.50. The first-order chi connectivity index (χ1) is 7.94. The highest BCUT2D eigenvalue weighted by Crippen LogP contribution is 2.27. The van der Waals surface area contributed by atoms with Crippen molar-refractivity contribution >= 4 is 0 Å². The fourth-order valence-corrected chi connectivity index (χ4v) is 1.94. The molecule has 0 heterocycles. The summed E-state index contributed by atoms with van der Waals surface area (Å²) in [7, 11) is 1.47. The van der Waals surface area contributed by atoms with Crippen LogP contribution in [0, 0.1) is 11.7 Å². The van der Waals surface area contributed by atoms with E-state index in [0.717, 1.165) is 6.42 Å². The summed E-state index contributed by atoms with van der Waals surface area (Å²) in [5, 5.41) is 0. The number of methoxy groups -OCH3 is 1. The predicted octanol–water partition coefficient (Wildman–Crippen LogP) is 3.14. The molecule has 0 aliphatic rings. The molecule has 0 aliphatic carbocycles. The van der Waals surface area contributed by atoms with Gasteiger partial charge in [0.05, 0.1) is 7.11 Å². The molecule has 1 aromatic carbocycles. The third kappa shape index (κ3) is 2.97. The average Bonchev–Trinajstić information content (AvgIpc) is 2.31. The maximum absolute atomic E-state index is 14.0. The SMILES string of the molecule is CCC(N)(Cc1cccc(OC)c1F)C(C)C. The molecular weight excluding hydrogens is 217 g/mol. The van der Waals surface area contributed by atoms with Crippen LogP contribution in [0.3, 0.4) is 0 Å². The Hall–Kier alpha value is -1.09. The zero-order chi connectivity index (χ0) is 13.1. The van der Waals surface area contributed by atoms with Crippen molar-refractivity contribution in [3.05, 3.63) is 29.6 Å². The summed E-state index contributed by atoms with van der Waals surface area (Å²) in [5.41, 5.74) is 6.58. The van der Waals surface area contributed by atoms with Crippen molar-refractivity contribution in [2.75, 3.05) is 7.11 Å². The van der Waals surface area contributed by atoms with Gasteiger partial charge in [0.15, 0.2) is 11.6 Å². The van der Waals surface area contributed by atoms with E-state index in [1.807, 2.05) is 6.92 Å². The quantitative estimate of drug-likeness (QED) is 0.856. The number of hydrogen-bond donors (Lipinski definition) is 1. The molecular formula is C14H22FNO. The van der Waals surface area contributed by atoms with Gasteiger partial charge in [-0.1, -0.05) is 32.9 Å². The Morgan fingerprint density at radius 1 is 1.41 bits per heavy atom. The molecule has 1 rings (SSSR count). The van der Waals surface area contributed by atoms with Crippen molar-refractivity contribution in [2.45, 2.75) is 39.2 Å². The van der Waals surface area contributed by atoms with Crippen molar-refractivity contribution in [1.29, 1.82) is 0 Å². The van der Waals surface area contributed by atoms with Crippen LogP contribution in [0.1, 0.15) is 32.8 Å². The van der Waals surface area contributed by atoms with E-state index in [4.69, 9.17) is 10.5 Å². The van der Waals surface area contributed by atoms with Crippen LogP contribution in [0.15, 0.2) is 18.2 Å². The molecule has 1 atom stereocenters. The molecule has 0 bridgehead atoms. The minimum absolute atomic E-state index is 0.282. The van der Waals surface area contributed by atoms with Crippen LogP contribution >= 0.6 is 0 Å². The van der Waals surface area contributed by atoms with Gasteiger partial charge in [-0.25, -0.2) is 4.39 Å². The van der Waals surface area contributed by atoms with Crippen LogP contribution in [0.25, 0.3) is 0 Å². The standard InChI is InChI=1S/C14H22FNO/c1-5-14(16,10(2)3)9-11-7-6-8-12(17-4)13(11)15/h6-8,10H,5,9,16H2,1-4H3. The zero-order valence-electron chi connectivity index (χ0n) is 11.1. The normalized spacial score (nSPS) is 14.8. The summed E-state index contributed by atoms with van der Waals surface area (Å²) >= 11 is 0. The third-order valence-corrected chi connectivity index (χ3v) is 3.59. The second-order valence-electron chi connectivity index (χ2n) is 4.85. The van der Waals surface area contributed by atoms with Crippen molar-refractivity contribution in [3.8, 4) is 5.75 Å². The summed E-state index contributed by atoms with van der Waals surface area (Å²) in [5.74, 6) is 0.293. The van der Waals surface area contributed by atoms with Crippen LogP contribution < -0.4 is 10.5 Å². The fourth-order valence-electron chi connectivity index (χ4n) is 1.94. The average molecular weight is 239 g/mol. The Bertz CT molecular complexity index is 378. The second-order valence-corrected chi connectivity index (χ2v) is 4.85. The first-order valence-electron chi connectivity index (χ1n) is 6.05. The third-order valence-electron chi connectivity index (χ3n) is 3.59. The van der Waals surface area contributed by atoms with Gasteiger partial charge in [0.2, 0.25) is 0 Å². The molecule has 0 fully saturated rings. The largest absolute Gasteiger partial charge is 0.494 e. The van der Waals surface area contributed by atoms with Crippen molar-refractivity contribution < 1.29 is 9.13 Å². The van der Waals surface area contributed by atoms with E-state index in [0.29, 0.717) is 17.9 Å². The Morgan fingerprint density at radius 2 is 2.06 bits per heavy atom. The molecule has 96 valence electrons. The molecule has 1 unspecified atom stereocenters. The Kier molecular flexibility index (Phi) is 4.52. The number of hydrogen-bond acceptors (Lipinski definition) is 2. The summed E-state index contributed by atoms with van der Waals surface area (Å²) < 4.78 is 19.0. The van der Waals surface area contributed by atoms with E-state index in [2.05, 4.69) is 13.8 Å². The maximum Gasteiger partial charge on any atom is 0.168 e. The lowest BCUT2D eigenvalue weighted by Gasteiger charge is -2.33. The molecule has 17 heavy (non-hydrogen) atoms. The summed E-state index contributed by atoms with van der Waals surface area (Å²) in [6.07, 6.45) is 1.35. The summed E-state index contributed by atoms with van der Waals surface area (Å²) in [6.45, 7) is 6.18. The summed E-state index contributed by atoms with van der Waals surface area (Å²) in [4.78, 5) is 0. The minimum Gasteiger partial charge on any atom is -0.494 e. The van der Waals surface area contributed by atoms with Gasteiger partial charge in [-0.05, 0) is 30.4 Å². The van der Waals surface area contributed by atoms with E-state index in [-0.39, 0.29) is 17.1 Å². The number of ether oxygens (including phenoxy) is 1. The van der Waals surface area contributed by atoms with Crippen LogP contribution in [-0.2, 0) is 6.42 Å². The number of halogens is 1.